The number of carbonyl (C=O) groups excluding carboxylic acids is 1. The quantitative estimate of drug-likeness (QED) is 0.776. The second-order valence-electron chi connectivity index (χ2n) is 5.16. The van der Waals surface area contributed by atoms with Crippen molar-refractivity contribution >= 4 is 5.91 Å². The van der Waals surface area contributed by atoms with E-state index in [0.29, 0.717) is 39.1 Å². The molecule has 2 aliphatic rings. The number of carbonyl (C=O) groups is 1. The Hall–Kier alpha value is -1.66. The van der Waals surface area contributed by atoms with Gasteiger partial charge in [0.25, 0.3) is 5.56 Å². The van der Waals surface area contributed by atoms with E-state index in [1.165, 1.54) is 10.6 Å². The van der Waals surface area contributed by atoms with Gasteiger partial charge >= 0.3 is 0 Å². The fraction of sp³-hybridized carbons (Fsp3) is 0.571. The molecule has 1 aromatic rings. The molecule has 20 heavy (non-hydrogen) atoms. The molecule has 2 aliphatic heterocycles. The van der Waals surface area contributed by atoms with Crippen LogP contribution >= 0.6 is 0 Å². The standard InChI is InChI=1S/C14H18N2O4/c17-12-3-1-2-6-16(12)11-13(18)15-7-4-14(5-8-15)19-9-10-20-14/h1-3,6H,4-5,7-11H2. The van der Waals surface area contributed by atoms with Crippen LogP contribution in [0.3, 0.4) is 0 Å². The molecule has 0 saturated carbocycles. The molecular formula is C14H18N2O4. The summed E-state index contributed by atoms with van der Waals surface area (Å²) in [5.41, 5.74) is -0.156. The molecule has 0 unspecified atom stereocenters. The van der Waals surface area contributed by atoms with Gasteiger partial charge in [0.15, 0.2) is 5.79 Å². The fourth-order valence-electron chi connectivity index (χ4n) is 2.72. The van der Waals surface area contributed by atoms with Crippen molar-refractivity contribution in [2.75, 3.05) is 26.3 Å². The highest BCUT2D eigenvalue weighted by Crippen LogP contribution is 2.31. The normalized spacial score (nSPS) is 21.3. The van der Waals surface area contributed by atoms with E-state index in [-0.39, 0.29) is 18.0 Å². The molecule has 6 heteroatoms. The molecule has 3 rings (SSSR count). The number of aromatic nitrogens is 1. The van der Waals surface area contributed by atoms with Crippen LogP contribution in [0.1, 0.15) is 12.8 Å². The zero-order chi connectivity index (χ0) is 14.0. The Morgan fingerprint density at radius 2 is 1.90 bits per heavy atom. The van der Waals surface area contributed by atoms with Gasteiger partial charge in [0.2, 0.25) is 5.91 Å². The third kappa shape index (κ3) is 2.62. The number of amides is 1. The molecule has 0 aliphatic carbocycles. The molecular weight excluding hydrogens is 260 g/mol. The van der Waals surface area contributed by atoms with Crippen molar-refractivity contribution in [3.05, 3.63) is 34.7 Å². The van der Waals surface area contributed by atoms with Gasteiger partial charge in [-0.25, -0.2) is 0 Å². The highest BCUT2D eigenvalue weighted by molar-refractivity contribution is 5.76. The number of pyridine rings is 1. The smallest absolute Gasteiger partial charge is 0.250 e. The van der Waals surface area contributed by atoms with E-state index in [4.69, 9.17) is 9.47 Å². The Balaban J connectivity index is 1.59. The number of hydrogen-bond acceptors (Lipinski definition) is 4. The fourth-order valence-corrected chi connectivity index (χ4v) is 2.72. The molecule has 0 bridgehead atoms. The molecule has 0 atom stereocenters. The van der Waals surface area contributed by atoms with Crippen LogP contribution in [0.15, 0.2) is 29.2 Å². The van der Waals surface area contributed by atoms with Crippen LogP contribution in [0.5, 0.6) is 0 Å². The molecule has 1 aromatic heterocycles. The molecule has 108 valence electrons. The lowest BCUT2D eigenvalue weighted by molar-refractivity contribution is -0.187. The number of hydrogen-bond donors (Lipinski definition) is 0. The summed E-state index contributed by atoms with van der Waals surface area (Å²) in [6.45, 7) is 2.58. The minimum absolute atomic E-state index is 0.0360. The minimum atomic E-state index is -0.472. The number of piperidine rings is 1. The summed E-state index contributed by atoms with van der Waals surface area (Å²) in [6, 6.07) is 4.88. The second-order valence-corrected chi connectivity index (χ2v) is 5.16. The van der Waals surface area contributed by atoms with E-state index in [1.807, 2.05) is 0 Å². The lowest BCUT2D eigenvalue weighted by atomic mass is 10.0. The van der Waals surface area contributed by atoms with Gasteiger partial charge in [0.1, 0.15) is 6.54 Å². The number of rotatable bonds is 2. The zero-order valence-corrected chi connectivity index (χ0v) is 11.3. The van der Waals surface area contributed by atoms with Gasteiger partial charge in [0.05, 0.1) is 13.2 Å². The van der Waals surface area contributed by atoms with Crippen LogP contribution < -0.4 is 5.56 Å². The monoisotopic (exact) mass is 278 g/mol. The summed E-state index contributed by atoms with van der Waals surface area (Å²) < 4.78 is 12.7. The van der Waals surface area contributed by atoms with Crippen molar-refractivity contribution in [3.63, 3.8) is 0 Å². The van der Waals surface area contributed by atoms with Crippen LogP contribution in [-0.4, -0.2) is 47.5 Å². The average Bonchev–Trinajstić information content (AvgIpc) is 2.90. The molecule has 3 heterocycles. The Morgan fingerprint density at radius 3 is 2.55 bits per heavy atom. The Morgan fingerprint density at radius 1 is 1.20 bits per heavy atom. The maximum atomic E-state index is 12.2. The van der Waals surface area contributed by atoms with Gasteiger partial charge in [-0.2, -0.15) is 0 Å². The van der Waals surface area contributed by atoms with Gasteiger partial charge in [-0.15, -0.1) is 0 Å². The van der Waals surface area contributed by atoms with Crippen molar-refractivity contribution in [1.29, 1.82) is 0 Å². The summed E-state index contributed by atoms with van der Waals surface area (Å²) in [6.07, 6.45) is 3.03. The Kier molecular flexibility index (Phi) is 3.58. The highest BCUT2D eigenvalue weighted by atomic mass is 16.7. The average molecular weight is 278 g/mol. The van der Waals surface area contributed by atoms with Crippen molar-refractivity contribution in [2.45, 2.75) is 25.2 Å². The first kappa shape index (κ1) is 13.3. The van der Waals surface area contributed by atoms with Crippen molar-refractivity contribution in [1.82, 2.24) is 9.47 Å². The predicted molar refractivity (Wildman–Crippen MR) is 71.2 cm³/mol. The Labute approximate surface area is 116 Å². The van der Waals surface area contributed by atoms with Gasteiger partial charge < -0.3 is 18.9 Å². The highest BCUT2D eigenvalue weighted by Gasteiger charge is 2.40. The maximum Gasteiger partial charge on any atom is 0.250 e. The van der Waals surface area contributed by atoms with Crippen molar-refractivity contribution < 1.29 is 14.3 Å². The molecule has 0 radical (unpaired) electrons. The first-order valence-corrected chi connectivity index (χ1v) is 6.90. The zero-order valence-electron chi connectivity index (χ0n) is 11.3. The molecule has 2 saturated heterocycles. The van der Waals surface area contributed by atoms with E-state index >= 15 is 0 Å². The van der Waals surface area contributed by atoms with Gasteiger partial charge in [-0.3, -0.25) is 9.59 Å². The SMILES string of the molecule is O=C(Cn1ccccc1=O)N1CCC2(CC1)OCCO2. The summed E-state index contributed by atoms with van der Waals surface area (Å²) >= 11 is 0. The molecule has 1 amide bonds. The van der Waals surface area contributed by atoms with Gasteiger partial charge in [-0.1, -0.05) is 6.07 Å². The second kappa shape index (κ2) is 5.38. The van der Waals surface area contributed by atoms with Crippen LogP contribution in [0, 0.1) is 0 Å². The number of nitrogens with zero attached hydrogens (tertiary/aromatic N) is 2. The Bertz CT molecular complexity index is 538. The van der Waals surface area contributed by atoms with Crippen LogP contribution in [0.4, 0.5) is 0 Å². The molecule has 2 fully saturated rings. The van der Waals surface area contributed by atoms with Crippen molar-refractivity contribution in [3.8, 4) is 0 Å². The van der Waals surface area contributed by atoms with Gasteiger partial charge in [0, 0.05) is 38.2 Å². The van der Waals surface area contributed by atoms with Crippen LogP contribution in [0.25, 0.3) is 0 Å². The largest absolute Gasteiger partial charge is 0.347 e. The lowest BCUT2D eigenvalue weighted by Crippen LogP contribution is -2.48. The third-order valence-corrected chi connectivity index (χ3v) is 3.90. The first-order valence-electron chi connectivity index (χ1n) is 6.90. The van der Waals surface area contributed by atoms with Crippen LogP contribution in [0.2, 0.25) is 0 Å². The van der Waals surface area contributed by atoms with E-state index in [0.717, 1.165) is 0 Å². The van der Waals surface area contributed by atoms with E-state index < -0.39 is 5.79 Å². The third-order valence-electron chi connectivity index (χ3n) is 3.90. The topological polar surface area (TPSA) is 60.8 Å². The molecule has 6 nitrogen and oxygen atoms in total. The molecule has 0 aromatic carbocycles. The number of ether oxygens (including phenoxy) is 2. The maximum absolute atomic E-state index is 12.2. The first-order chi connectivity index (χ1) is 9.69. The minimum Gasteiger partial charge on any atom is -0.347 e. The molecule has 0 N–H and O–H groups in total. The van der Waals surface area contributed by atoms with Crippen molar-refractivity contribution in [2.24, 2.45) is 0 Å². The number of likely N-dealkylation sites (tertiary alicyclic amines) is 1. The summed E-state index contributed by atoms with van der Waals surface area (Å²) in [4.78, 5) is 25.6. The van der Waals surface area contributed by atoms with E-state index in [2.05, 4.69) is 0 Å². The predicted octanol–water partition coefficient (Wildman–Crippen LogP) is 0.214. The van der Waals surface area contributed by atoms with Gasteiger partial charge in [-0.05, 0) is 6.07 Å². The summed E-state index contributed by atoms with van der Waals surface area (Å²) in [5, 5.41) is 0. The summed E-state index contributed by atoms with van der Waals surface area (Å²) in [7, 11) is 0. The van der Waals surface area contributed by atoms with Crippen LogP contribution in [-0.2, 0) is 20.8 Å². The lowest BCUT2D eigenvalue weighted by Gasteiger charge is -2.37. The molecule has 1 spiro atoms. The summed E-state index contributed by atoms with van der Waals surface area (Å²) in [5.74, 6) is -0.508. The van der Waals surface area contributed by atoms with E-state index in [9.17, 15) is 9.59 Å². The van der Waals surface area contributed by atoms with E-state index in [1.54, 1.807) is 23.2 Å².